The number of ether oxygens (including phenoxy) is 1. The first-order chi connectivity index (χ1) is 17.0. The highest BCUT2D eigenvalue weighted by Crippen LogP contribution is 2.35. The van der Waals surface area contributed by atoms with Crippen LogP contribution in [-0.4, -0.2) is 47.4 Å². The highest BCUT2D eigenvalue weighted by Gasteiger charge is 2.39. The number of halogens is 2. The fraction of sp³-hybridized carbons (Fsp3) is 0.520. The standard InChI is InChI=1S/C25H29ClFN5O4/c1-25(2)10-13(22(33)32-25)7-14(11-28)29-23(34)18(6-12-4-5-12)31-24(35)19-8-15-20(30-19)16(26)9-17(27)21(15)36-3/h8-9,12-14,18,30H,4-7,10H2,1-3H3,(H,29,34)(H,31,35)(H,32,33)/t13-,14+,18+/m1/s1. The molecule has 3 atom stereocenters. The molecule has 2 aliphatic rings. The third kappa shape index (κ3) is 5.57. The highest BCUT2D eigenvalue weighted by molar-refractivity contribution is 6.35. The van der Waals surface area contributed by atoms with Crippen LogP contribution in [0.1, 0.15) is 56.4 Å². The van der Waals surface area contributed by atoms with Crippen LogP contribution >= 0.6 is 11.6 Å². The molecule has 2 fully saturated rings. The van der Waals surface area contributed by atoms with Crippen LogP contribution in [0, 0.1) is 29.0 Å². The number of aromatic amines is 1. The van der Waals surface area contributed by atoms with Crippen LogP contribution in [0.25, 0.3) is 10.9 Å². The van der Waals surface area contributed by atoms with Gasteiger partial charge in [0.25, 0.3) is 5.91 Å². The summed E-state index contributed by atoms with van der Waals surface area (Å²) in [6.07, 6.45) is 3.09. The van der Waals surface area contributed by atoms with Gasteiger partial charge in [-0.1, -0.05) is 24.4 Å². The Bertz CT molecular complexity index is 1250. The van der Waals surface area contributed by atoms with Crippen LogP contribution in [0.3, 0.4) is 0 Å². The van der Waals surface area contributed by atoms with Gasteiger partial charge in [0.2, 0.25) is 11.8 Å². The zero-order valence-electron chi connectivity index (χ0n) is 20.3. The number of rotatable bonds is 9. The summed E-state index contributed by atoms with van der Waals surface area (Å²) >= 11 is 6.13. The number of carbonyl (C=O) groups is 3. The quantitative estimate of drug-likeness (QED) is 0.405. The van der Waals surface area contributed by atoms with Gasteiger partial charge in [0.15, 0.2) is 11.6 Å². The Morgan fingerprint density at radius 1 is 1.31 bits per heavy atom. The molecule has 1 saturated heterocycles. The lowest BCUT2D eigenvalue weighted by molar-refractivity contribution is -0.125. The van der Waals surface area contributed by atoms with Crippen molar-refractivity contribution >= 4 is 40.2 Å². The van der Waals surface area contributed by atoms with Gasteiger partial charge in [0, 0.05) is 16.8 Å². The lowest BCUT2D eigenvalue weighted by Crippen LogP contribution is -2.50. The number of amides is 3. The minimum atomic E-state index is -0.879. The summed E-state index contributed by atoms with van der Waals surface area (Å²) in [5.74, 6) is -1.99. The Kier molecular flexibility index (Phi) is 7.14. The number of nitrogens with zero attached hydrogens (tertiary/aromatic N) is 1. The number of hydrogen-bond acceptors (Lipinski definition) is 5. The molecule has 0 spiro atoms. The third-order valence-corrected chi connectivity index (χ3v) is 6.99. The molecule has 2 aromatic rings. The molecule has 1 aliphatic heterocycles. The molecule has 1 aromatic heterocycles. The molecule has 3 amide bonds. The van der Waals surface area contributed by atoms with E-state index in [1.807, 2.05) is 13.8 Å². The van der Waals surface area contributed by atoms with Gasteiger partial charge < -0.3 is 25.7 Å². The van der Waals surface area contributed by atoms with Crippen molar-refractivity contribution in [2.45, 2.75) is 63.6 Å². The van der Waals surface area contributed by atoms with Crippen LogP contribution in [0.5, 0.6) is 5.75 Å². The second-order valence-electron chi connectivity index (χ2n) is 10.3. The summed E-state index contributed by atoms with van der Waals surface area (Å²) in [5, 5.41) is 18.3. The van der Waals surface area contributed by atoms with Crippen molar-refractivity contribution in [1.29, 1.82) is 5.26 Å². The molecule has 1 aliphatic carbocycles. The van der Waals surface area contributed by atoms with Crippen LogP contribution in [0.4, 0.5) is 4.39 Å². The Morgan fingerprint density at radius 3 is 2.61 bits per heavy atom. The van der Waals surface area contributed by atoms with Gasteiger partial charge in [-0.2, -0.15) is 5.26 Å². The number of nitriles is 1. The van der Waals surface area contributed by atoms with Crippen molar-refractivity contribution in [2.24, 2.45) is 11.8 Å². The fourth-order valence-electron chi connectivity index (χ4n) is 4.77. The van der Waals surface area contributed by atoms with Gasteiger partial charge in [-0.15, -0.1) is 0 Å². The summed E-state index contributed by atoms with van der Waals surface area (Å²) in [7, 11) is 1.32. The monoisotopic (exact) mass is 517 g/mol. The largest absolute Gasteiger partial charge is 0.493 e. The molecule has 192 valence electrons. The van der Waals surface area contributed by atoms with Gasteiger partial charge in [-0.25, -0.2) is 4.39 Å². The van der Waals surface area contributed by atoms with Crippen molar-refractivity contribution in [1.82, 2.24) is 20.9 Å². The van der Waals surface area contributed by atoms with E-state index in [0.29, 0.717) is 29.7 Å². The maximum atomic E-state index is 14.2. The van der Waals surface area contributed by atoms with E-state index in [0.717, 1.165) is 18.9 Å². The summed E-state index contributed by atoms with van der Waals surface area (Å²) in [6, 6.07) is 2.82. The number of hydrogen-bond donors (Lipinski definition) is 4. The van der Waals surface area contributed by atoms with Gasteiger partial charge in [-0.3, -0.25) is 14.4 Å². The smallest absolute Gasteiger partial charge is 0.268 e. The van der Waals surface area contributed by atoms with E-state index in [-0.39, 0.29) is 40.3 Å². The summed E-state index contributed by atoms with van der Waals surface area (Å²) in [4.78, 5) is 41.3. The van der Waals surface area contributed by atoms with Crippen LogP contribution in [-0.2, 0) is 9.59 Å². The van der Waals surface area contributed by atoms with E-state index in [9.17, 15) is 24.0 Å². The maximum absolute atomic E-state index is 14.2. The summed E-state index contributed by atoms with van der Waals surface area (Å²) < 4.78 is 19.3. The van der Waals surface area contributed by atoms with Gasteiger partial charge in [-0.05, 0) is 51.2 Å². The van der Waals surface area contributed by atoms with Crippen LogP contribution < -0.4 is 20.7 Å². The van der Waals surface area contributed by atoms with Crippen molar-refractivity contribution in [3.05, 3.63) is 28.7 Å². The van der Waals surface area contributed by atoms with Crippen molar-refractivity contribution in [3.8, 4) is 11.8 Å². The molecule has 0 unspecified atom stereocenters. The average molecular weight is 518 g/mol. The van der Waals surface area contributed by atoms with Gasteiger partial charge in [0.1, 0.15) is 17.8 Å². The molecule has 0 radical (unpaired) electrons. The minimum absolute atomic E-state index is 0.0482. The topological polar surface area (TPSA) is 136 Å². The number of carbonyl (C=O) groups excluding carboxylic acids is 3. The van der Waals surface area contributed by atoms with E-state index in [1.165, 1.54) is 13.2 Å². The first-order valence-corrected chi connectivity index (χ1v) is 12.3. The van der Waals surface area contributed by atoms with Crippen molar-refractivity contribution in [2.75, 3.05) is 7.11 Å². The van der Waals surface area contributed by atoms with Gasteiger partial charge in [0.05, 0.1) is 23.7 Å². The number of aromatic nitrogens is 1. The number of fused-ring (bicyclic) bond motifs is 1. The molecular formula is C25H29ClFN5O4. The number of benzene rings is 1. The first kappa shape index (κ1) is 25.8. The SMILES string of the molecule is COc1c(F)cc(Cl)c2[nH]c(C(=O)N[C@@H](CC3CC3)C(=O)N[C@H](C#N)C[C@@H]3CC(C)(C)NC3=O)cc12. The lowest BCUT2D eigenvalue weighted by atomic mass is 9.92. The zero-order chi connectivity index (χ0) is 26.2. The third-order valence-electron chi connectivity index (χ3n) is 6.69. The van der Waals surface area contributed by atoms with Crippen LogP contribution in [0.2, 0.25) is 5.02 Å². The summed E-state index contributed by atoms with van der Waals surface area (Å²) in [6.45, 7) is 3.82. The minimum Gasteiger partial charge on any atom is -0.493 e. The van der Waals surface area contributed by atoms with E-state index in [4.69, 9.17) is 16.3 Å². The van der Waals surface area contributed by atoms with Gasteiger partial charge >= 0.3 is 0 Å². The van der Waals surface area contributed by atoms with E-state index < -0.39 is 29.7 Å². The molecule has 4 N–H and O–H groups in total. The highest BCUT2D eigenvalue weighted by atomic mass is 35.5. The Balaban J connectivity index is 1.48. The first-order valence-electron chi connectivity index (χ1n) is 11.9. The number of nitrogens with one attached hydrogen (secondary N) is 4. The van der Waals surface area contributed by atoms with Crippen molar-refractivity contribution in [3.63, 3.8) is 0 Å². The number of methoxy groups -OCH3 is 1. The average Bonchev–Trinajstić information content (AvgIpc) is 3.43. The van der Waals surface area contributed by atoms with E-state index in [1.54, 1.807) is 0 Å². The lowest BCUT2D eigenvalue weighted by Gasteiger charge is -2.21. The molecule has 1 aromatic carbocycles. The predicted octanol–water partition coefficient (Wildman–Crippen LogP) is 3.18. The maximum Gasteiger partial charge on any atom is 0.268 e. The molecular weight excluding hydrogens is 489 g/mol. The Morgan fingerprint density at radius 2 is 2.03 bits per heavy atom. The second kappa shape index (κ2) is 9.97. The molecule has 36 heavy (non-hydrogen) atoms. The predicted molar refractivity (Wildman–Crippen MR) is 131 cm³/mol. The van der Waals surface area contributed by atoms with E-state index in [2.05, 4.69) is 27.0 Å². The molecule has 0 bridgehead atoms. The zero-order valence-corrected chi connectivity index (χ0v) is 21.1. The molecule has 9 nitrogen and oxygen atoms in total. The fourth-order valence-corrected chi connectivity index (χ4v) is 5.02. The van der Waals surface area contributed by atoms with Crippen molar-refractivity contribution < 1.29 is 23.5 Å². The van der Waals surface area contributed by atoms with Crippen LogP contribution in [0.15, 0.2) is 12.1 Å². The normalized spacial score (nSPS) is 20.3. The van der Waals surface area contributed by atoms with E-state index >= 15 is 0 Å². The Hall–Kier alpha value is -3.32. The molecule has 1 saturated carbocycles. The summed E-state index contributed by atoms with van der Waals surface area (Å²) in [5.41, 5.74) is 0.0687. The number of H-pyrrole nitrogens is 1. The molecule has 2 heterocycles. The molecule has 4 rings (SSSR count). The Labute approximate surface area is 213 Å². The molecule has 11 heteroatoms. The second-order valence-corrected chi connectivity index (χ2v) is 10.7.